The van der Waals surface area contributed by atoms with E-state index in [2.05, 4.69) is 15.5 Å². The van der Waals surface area contributed by atoms with Gasteiger partial charge in [0.1, 0.15) is 0 Å². The molecule has 0 aliphatic heterocycles. The first-order chi connectivity index (χ1) is 13.0. The quantitative estimate of drug-likeness (QED) is 0.607. The highest BCUT2D eigenvalue weighted by atomic mass is 16.1. The molecular weight excluding hydrogens is 340 g/mol. The normalized spacial score (nSPS) is 11.1. The fourth-order valence-corrected chi connectivity index (χ4v) is 3.16. The third kappa shape index (κ3) is 3.31. The predicted octanol–water partition coefficient (Wildman–Crippen LogP) is 2.61. The van der Waals surface area contributed by atoms with E-state index < -0.39 is 0 Å². The average Bonchev–Trinajstić information content (AvgIpc) is 3.23. The van der Waals surface area contributed by atoms with Crippen molar-refractivity contribution in [2.75, 3.05) is 0 Å². The highest BCUT2D eigenvalue weighted by molar-refractivity contribution is 6.07. The van der Waals surface area contributed by atoms with Crippen LogP contribution in [0.15, 0.2) is 48.9 Å². The number of nitrogens with zero attached hydrogens (tertiary/aromatic N) is 5. The smallest absolute Gasteiger partial charge is 0.252 e. The third-order valence-electron chi connectivity index (χ3n) is 4.52. The van der Waals surface area contributed by atoms with E-state index >= 15 is 0 Å². The summed E-state index contributed by atoms with van der Waals surface area (Å²) < 4.78 is 3.47. The predicted molar refractivity (Wildman–Crippen MR) is 103 cm³/mol. The van der Waals surface area contributed by atoms with E-state index in [1.54, 1.807) is 15.6 Å². The molecule has 7 nitrogen and oxygen atoms in total. The first kappa shape index (κ1) is 17.0. The molecule has 0 atom stereocenters. The zero-order chi connectivity index (χ0) is 19.0. The minimum atomic E-state index is -0.137. The Hall–Kier alpha value is -3.48. The van der Waals surface area contributed by atoms with Gasteiger partial charge in [0.15, 0.2) is 0 Å². The summed E-state index contributed by atoms with van der Waals surface area (Å²) in [4.78, 5) is 17.6. The topological polar surface area (TPSA) is 77.6 Å². The Labute approximate surface area is 156 Å². The zero-order valence-electron chi connectivity index (χ0n) is 15.5. The minimum absolute atomic E-state index is 0.137. The Balaban J connectivity index is 1.70. The summed E-state index contributed by atoms with van der Waals surface area (Å²) in [5.74, 6) is -0.137. The van der Waals surface area contributed by atoms with Crippen LogP contribution in [0.2, 0.25) is 0 Å². The van der Waals surface area contributed by atoms with Crippen LogP contribution in [0.25, 0.3) is 22.2 Å². The monoisotopic (exact) mass is 360 g/mol. The summed E-state index contributed by atoms with van der Waals surface area (Å²) in [6.45, 7) is 2.36. The second-order valence-electron chi connectivity index (χ2n) is 6.57. The molecule has 0 saturated heterocycles. The SMILES string of the molecule is Cc1nn(C)cc1CNC(=O)c1cc(-c2cnn(C)c2)nc2ccccc12. The molecule has 0 aliphatic rings. The van der Waals surface area contributed by atoms with Crippen molar-refractivity contribution < 1.29 is 4.79 Å². The van der Waals surface area contributed by atoms with Crippen LogP contribution in [0.5, 0.6) is 0 Å². The highest BCUT2D eigenvalue weighted by Crippen LogP contribution is 2.24. The summed E-state index contributed by atoms with van der Waals surface area (Å²) in [7, 11) is 3.73. The fourth-order valence-electron chi connectivity index (χ4n) is 3.16. The summed E-state index contributed by atoms with van der Waals surface area (Å²) in [6.07, 6.45) is 5.55. The molecule has 1 N–H and O–H groups in total. The molecule has 0 unspecified atom stereocenters. The van der Waals surface area contributed by atoms with Crippen molar-refractivity contribution in [2.24, 2.45) is 14.1 Å². The highest BCUT2D eigenvalue weighted by Gasteiger charge is 2.15. The number of amides is 1. The van der Waals surface area contributed by atoms with Crippen LogP contribution in [0.1, 0.15) is 21.6 Å². The summed E-state index contributed by atoms with van der Waals surface area (Å²) in [5, 5.41) is 12.3. The number of benzene rings is 1. The molecule has 0 fully saturated rings. The molecule has 27 heavy (non-hydrogen) atoms. The molecule has 3 aromatic heterocycles. The van der Waals surface area contributed by atoms with Crippen LogP contribution in [0.4, 0.5) is 0 Å². The van der Waals surface area contributed by atoms with E-state index in [1.165, 1.54) is 0 Å². The molecule has 1 amide bonds. The van der Waals surface area contributed by atoms with E-state index in [0.29, 0.717) is 12.1 Å². The van der Waals surface area contributed by atoms with Crippen molar-refractivity contribution >= 4 is 16.8 Å². The molecule has 0 aliphatic carbocycles. The van der Waals surface area contributed by atoms with Gasteiger partial charge in [0.25, 0.3) is 5.91 Å². The van der Waals surface area contributed by atoms with Crippen LogP contribution < -0.4 is 5.32 Å². The van der Waals surface area contributed by atoms with Gasteiger partial charge in [0, 0.05) is 49.5 Å². The number of aryl methyl sites for hydroxylation is 3. The van der Waals surface area contributed by atoms with Crippen LogP contribution in [-0.2, 0) is 20.6 Å². The number of pyridine rings is 1. The lowest BCUT2D eigenvalue weighted by Gasteiger charge is -2.10. The van der Waals surface area contributed by atoms with Gasteiger partial charge in [-0.15, -0.1) is 0 Å². The van der Waals surface area contributed by atoms with Crippen molar-refractivity contribution in [3.05, 3.63) is 65.7 Å². The third-order valence-corrected chi connectivity index (χ3v) is 4.52. The number of aromatic nitrogens is 5. The van der Waals surface area contributed by atoms with Crippen molar-refractivity contribution in [1.29, 1.82) is 0 Å². The second-order valence-corrected chi connectivity index (χ2v) is 6.57. The first-order valence-corrected chi connectivity index (χ1v) is 8.67. The zero-order valence-corrected chi connectivity index (χ0v) is 15.5. The van der Waals surface area contributed by atoms with Gasteiger partial charge in [-0.05, 0) is 19.1 Å². The lowest BCUT2D eigenvalue weighted by molar-refractivity contribution is 0.0952. The summed E-state index contributed by atoms with van der Waals surface area (Å²) in [6, 6.07) is 9.49. The van der Waals surface area contributed by atoms with Gasteiger partial charge in [-0.3, -0.25) is 14.2 Å². The van der Waals surface area contributed by atoms with Gasteiger partial charge in [-0.2, -0.15) is 10.2 Å². The number of carbonyl (C=O) groups is 1. The molecule has 0 saturated carbocycles. The van der Waals surface area contributed by atoms with Gasteiger partial charge >= 0.3 is 0 Å². The molecule has 7 heteroatoms. The fraction of sp³-hybridized carbons (Fsp3) is 0.200. The van der Waals surface area contributed by atoms with Crippen LogP contribution in [0.3, 0.4) is 0 Å². The Bertz CT molecular complexity index is 1140. The molecule has 4 aromatic rings. The van der Waals surface area contributed by atoms with Crippen LogP contribution >= 0.6 is 0 Å². The number of hydrogen-bond acceptors (Lipinski definition) is 4. The number of rotatable bonds is 4. The lowest BCUT2D eigenvalue weighted by Crippen LogP contribution is -2.23. The van der Waals surface area contributed by atoms with Crippen molar-refractivity contribution in [3.8, 4) is 11.3 Å². The summed E-state index contributed by atoms with van der Waals surface area (Å²) in [5.41, 5.74) is 4.89. The largest absolute Gasteiger partial charge is 0.348 e. The Morgan fingerprint density at radius 1 is 1.15 bits per heavy atom. The van der Waals surface area contributed by atoms with E-state index in [9.17, 15) is 4.79 Å². The maximum atomic E-state index is 13.0. The minimum Gasteiger partial charge on any atom is -0.348 e. The molecule has 136 valence electrons. The summed E-state index contributed by atoms with van der Waals surface area (Å²) >= 11 is 0. The van der Waals surface area contributed by atoms with Crippen molar-refractivity contribution in [2.45, 2.75) is 13.5 Å². The van der Waals surface area contributed by atoms with Gasteiger partial charge in [0.2, 0.25) is 0 Å². The molecule has 3 heterocycles. The number of nitrogens with one attached hydrogen (secondary N) is 1. The lowest BCUT2D eigenvalue weighted by atomic mass is 10.0. The Kier molecular flexibility index (Phi) is 4.19. The average molecular weight is 360 g/mol. The van der Waals surface area contributed by atoms with E-state index in [1.807, 2.05) is 63.7 Å². The number of hydrogen-bond donors (Lipinski definition) is 1. The first-order valence-electron chi connectivity index (χ1n) is 8.67. The Morgan fingerprint density at radius 2 is 1.96 bits per heavy atom. The van der Waals surface area contributed by atoms with E-state index in [0.717, 1.165) is 33.4 Å². The Morgan fingerprint density at radius 3 is 2.67 bits per heavy atom. The molecule has 0 bridgehead atoms. The molecular formula is C20H20N6O. The molecule has 1 aromatic carbocycles. The van der Waals surface area contributed by atoms with Crippen LogP contribution in [0, 0.1) is 6.92 Å². The van der Waals surface area contributed by atoms with Gasteiger partial charge in [-0.1, -0.05) is 18.2 Å². The number of fused-ring (bicyclic) bond motifs is 1. The maximum absolute atomic E-state index is 13.0. The standard InChI is InChI=1S/C20H20N6O/c1-13-14(11-26(3)24-13)9-21-20(27)17-8-19(15-10-22-25(2)12-15)23-18-7-5-4-6-16(17)18/h4-8,10-12H,9H2,1-3H3,(H,21,27). The molecule has 0 radical (unpaired) electrons. The van der Waals surface area contributed by atoms with Crippen molar-refractivity contribution in [1.82, 2.24) is 29.9 Å². The van der Waals surface area contributed by atoms with Gasteiger partial charge in [0.05, 0.1) is 28.7 Å². The van der Waals surface area contributed by atoms with Crippen molar-refractivity contribution in [3.63, 3.8) is 0 Å². The molecule has 0 spiro atoms. The second kappa shape index (κ2) is 6.68. The number of carbonyl (C=O) groups excluding carboxylic acids is 1. The maximum Gasteiger partial charge on any atom is 0.252 e. The number of para-hydroxylation sites is 1. The van der Waals surface area contributed by atoms with Gasteiger partial charge in [-0.25, -0.2) is 4.98 Å². The van der Waals surface area contributed by atoms with Gasteiger partial charge < -0.3 is 5.32 Å². The van der Waals surface area contributed by atoms with E-state index in [4.69, 9.17) is 4.98 Å². The van der Waals surface area contributed by atoms with E-state index in [-0.39, 0.29) is 5.91 Å². The molecule has 4 rings (SSSR count). The van der Waals surface area contributed by atoms with Crippen LogP contribution in [-0.4, -0.2) is 30.5 Å².